The fourth-order valence-corrected chi connectivity index (χ4v) is 4.19. The predicted octanol–water partition coefficient (Wildman–Crippen LogP) is 2.74. The van der Waals surface area contributed by atoms with Gasteiger partial charge in [0.1, 0.15) is 0 Å². The lowest BCUT2D eigenvalue weighted by atomic mass is 9.79. The number of carbonyl (C=O) groups is 1. The van der Waals surface area contributed by atoms with Gasteiger partial charge in [0, 0.05) is 50.1 Å². The summed E-state index contributed by atoms with van der Waals surface area (Å²) in [5.74, 6) is 0.165. The zero-order valence-corrected chi connectivity index (χ0v) is 14.5. The van der Waals surface area contributed by atoms with Gasteiger partial charge in [0.15, 0.2) is 0 Å². The van der Waals surface area contributed by atoms with E-state index in [1.54, 1.807) is 19.9 Å². The number of aryl methyl sites for hydroxylation is 1. The minimum Gasteiger partial charge on any atom is -0.342 e. The lowest BCUT2D eigenvalue weighted by Crippen LogP contribution is -2.44. The van der Waals surface area contributed by atoms with Gasteiger partial charge in [-0.05, 0) is 38.3 Å². The summed E-state index contributed by atoms with van der Waals surface area (Å²) < 4.78 is 0. The summed E-state index contributed by atoms with van der Waals surface area (Å²) in [4.78, 5) is 26.8. The number of benzene rings is 1. The summed E-state index contributed by atoms with van der Waals surface area (Å²) >= 11 is 0. The number of carbonyl (C=O) groups excluding carboxylic acids is 1. The molecule has 0 radical (unpaired) electrons. The molecule has 2 aliphatic heterocycles. The molecule has 0 N–H and O–H groups in total. The highest BCUT2D eigenvalue weighted by atomic mass is 16.6. The molecule has 1 amide bonds. The normalized spacial score (nSPS) is 24.5. The minimum atomic E-state index is -0.307. The number of likely N-dealkylation sites (tertiary alicyclic amines) is 2. The molecule has 3 rings (SSSR count). The lowest BCUT2D eigenvalue weighted by Gasteiger charge is -2.40. The van der Waals surface area contributed by atoms with Gasteiger partial charge in [-0.2, -0.15) is 0 Å². The standard InChI is InChI=1S/C18H25N3O3/c1-14-4-5-16(10-17(14)21(23)24)11-19-8-3-6-18(12-19)7-9-20(13-18)15(2)22/h4-5,10H,3,6-9,11-13H2,1-2H3. The van der Waals surface area contributed by atoms with Gasteiger partial charge in [-0.3, -0.25) is 19.8 Å². The van der Waals surface area contributed by atoms with E-state index < -0.39 is 0 Å². The van der Waals surface area contributed by atoms with E-state index in [1.807, 2.05) is 17.0 Å². The molecule has 130 valence electrons. The van der Waals surface area contributed by atoms with Crippen LogP contribution in [-0.2, 0) is 11.3 Å². The molecule has 1 aromatic rings. The highest BCUT2D eigenvalue weighted by Gasteiger charge is 2.41. The molecule has 0 saturated carbocycles. The Kier molecular flexibility index (Phi) is 4.58. The highest BCUT2D eigenvalue weighted by Crippen LogP contribution is 2.39. The summed E-state index contributed by atoms with van der Waals surface area (Å²) in [5.41, 5.74) is 2.10. The molecule has 2 aliphatic rings. The second-order valence-electron chi connectivity index (χ2n) is 7.38. The van der Waals surface area contributed by atoms with Gasteiger partial charge in [0.25, 0.3) is 5.69 Å². The molecule has 2 saturated heterocycles. The van der Waals surface area contributed by atoms with Crippen LogP contribution in [-0.4, -0.2) is 46.8 Å². The van der Waals surface area contributed by atoms with E-state index in [4.69, 9.17) is 0 Å². The molecule has 6 heteroatoms. The number of nitro benzene ring substituents is 1. The van der Waals surface area contributed by atoms with Crippen molar-refractivity contribution in [3.63, 3.8) is 0 Å². The van der Waals surface area contributed by atoms with Crippen LogP contribution in [0, 0.1) is 22.5 Å². The van der Waals surface area contributed by atoms with Crippen molar-refractivity contribution in [3.05, 3.63) is 39.4 Å². The molecule has 0 aromatic heterocycles. The van der Waals surface area contributed by atoms with E-state index in [2.05, 4.69) is 4.90 Å². The molecule has 6 nitrogen and oxygen atoms in total. The van der Waals surface area contributed by atoms with Crippen LogP contribution in [0.3, 0.4) is 0 Å². The van der Waals surface area contributed by atoms with Gasteiger partial charge < -0.3 is 4.90 Å². The molecule has 1 unspecified atom stereocenters. The first kappa shape index (κ1) is 16.9. The Balaban J connectivity index is 1.69. The number of hydrogen-bond donors (Lipinski definition) is 0. The average Bonchev–Trinajstić information content (AvgIpc) is 2.93. The van der Waals surface area contributed by atoms with E-state index in [-0.39, 0.29) is 21.9 Å². The number of piperidine rings is 1. The molecule has 0 bridgehead atoms. The molecule has 1 aromatic carbocycles. The van der Waals surface area contributed by atoms with Gasteiger partial charge in [-0.1, -0.05) is 12.1 Å². The van der Waals surface area contributed by atoms with Gasteiger partial charge in [0.2, 0.25) is 5.91 Å². The predicted molar refractivity (Wildman–Crippen MR) is 91.6 cm³/mol. The maximum Gasteiger partial charge on any atom is 0.272 e. The molecule has 0 aliphatic carbocycles. The Hall–Kier alpha value is -1.95. The molecule has 1 spiro atoms. The zero-order valence-electron chi connectivity index (χ0n) is 14.5. The fourth-order valence-electron chi connectivity index (χ4n) is 4.19. The van der Waals surface area contributed by atoms with Crippen molar-refractivity contribution < 1.29 is 9.72 Å². The first-order valence-electron chi connectivity index (χ1n) is 8.60. The van der Waals surface area contributed by atoms with Crippen LogP contribution in [0.2, 0.25) is 0 Å². The van der Waals surface area contributed by atoms with Crippen molar-refractivity contribution in [2.24, 2.45) is 5.41 Å². The number of nitro groups is 1. The van der Waals surface area contributed by atoms with E-state index in [0.29, 0.717) is 5.56 Å². The van der Waals surface area contributed by atoms with Gasteiger partial charge >= 0.3 is 0 Å². The Labute approximate surface area is 142 Å². The molecule has 2 heterocycles. The summed E-state index contributed by atoms with van der Waals surface area (Å²) in [6, 6.07) is 5.52. The maximum absolute atomic E-state index is 11.6. The van der Waals surface area contributed by atoms with Crippen LogP contribution in [0.15, 0.2) is 18.2 Å². The third-order valence-corrected chi connectivity index (χ3v) is 5.50. The first-order valence-corrected chi connectivity index (χ1v) is 8.60. The van der Waals surface area contributed by atoms with E-state index in [9.17, 15) is 14.9 Å². The van der Waals surface area contributed by atoms with Crippen molar-refractivity contribution in [2.75, 3.05) is 26.2 Å². The number of nitrogens with zero attached hydrogens (tertiary/aromatic N) is 3. The van der Waals surface area contributed by atoms with Crippen LogP contribution >= 0.6 is 0 Å². The Bertz CT molecular complexity index is 661. The van der Waals surface area contributed by atoms with Crippen LogP contribution in [0.4, 0.5) is 5.69 Å². The van der Waals surface area contributed by atoms with Crippen molar-refractivity contribution >= 4 is 11.6 Å². The summed E-state index contributed by atoms with van der Waals surface area (Å²) in [5, 5.41) is 11.1. The van der Waals surface area contributed by atoms with Crippen molar-refractivity contribution in [2.45, 2.75) is 39.7 Å². The Morgan fingerprint density at radius 2 is 2.08 bits per heavy atom. The Morgan fingerprint density at radius 1 is 1.29 bits per heavy atom. The molecule has 2 fully saturated rings. The third kappa shape index (κ3) is 3.43. The number of rotatable bonds is 3. The molecule has 1 atom stereocenters. The van der Waals surface area contributed by atoms with Crippen LogP contribution in [0.5, 0.6) is 0 Å². The largest absolute Gasteiger partial charge is 0.342 e. The van der Waals surface area contributed by atoms with Crippen LogP contribution < -0.4 is 0 Å². The molecule has 24 heavy (non-hydrogen) atoms. The van der Waals surface area contributed by atoms with Gasteiger partial charge in [-0.15, -0.1) is 0 Å². The fraction of sp³-hybridized carbons (Fsp3) is 0.611. The van der Waals surface area contributed by atoms with E-state index in [0.717, 1.165) is 51.1 Å². The third-order valence-electron chi connectivity index (χ3n) is 5.50. The van der Waals surface area contributed by atoms with Crippen molar-refractivity contribution in [3.8, 4) is 0 Å². The topological polar surface area (TPSA) is 66.7 Å². The first-order chi connectivity index (χ1) is 11.4. The SMILES string of the molecule is CC(=O)N1CCC2(CCCN(Cc3ccc(C)c([N+](=O)[O-])c3)C2)C1. The minimum absolute atomic E-state index is 0.165. The second kappa shape index (κ2) is 6.51. The number of amides is 1. The van der Waals surface area contributed by atoms with Crippen LogP contribution in [0.1, 0.15) is 37.3 Å². The summed E-state index contributed by atoms with van der Waals surface area (Å²) in [6.45, 7) is 7.86. The Morgan fingerprint density at radius 3 is 2.75 bits per heavy atom. The number of hydrogen-bond acceptors (Lipinski definition) is 4. The van der Waals surface area contributed by atoms with E-state index >= 15 is 0 Å². The van der Waals surface area contributed by atoms with E-state index in [1.165, 1.54) is 6.42 Å². The summed E-state index contributed by atoms with van der Waals surface area (Å²) in [6.07, 6.45) is 3.36. The molecular weight excluding hydrogens is 306 g/mol. The summed E-state index contributed by atoms with van der Waals surface area (Å²) in [7, 11) is 0. The monoisotopic (exact) mass is 331 g/mol. The quantitative estimate of drug-likeness (QED) is 0.631. The van der Waals surface area contributed by atoms with Crippen LogP contribution in [0.25, 0.3) is 0 Å². The average molecular weight is 331 g/mol. The lowest BCUT2D eigenvalue weighted by molar-refractivity contribution is -0.385. The van der Waals surface area contributed by atoms with Crippen molar-refractivity contribution in [1.82, 2.24) is 9.80 Å². The van der Waals surface area contributed by atoms with Crippen molar-refractivity contribution in [1.29, 1.82) is 0 Å². The molecular formula is C18H25N3O3. The van der Waals surface area contributed by atoms with Gasteiger partial charge in [0.05, 0.1) is 4.92 Å². The smallest absolute Gasteiger partial charge is 0.272 e. The zero-order chi connectivity index (χ0) is 17.3. The van der Waals surface area contributed by atoms with Gasteiger partial charge in [-0.25, -0.2) is 0 Å². The second-order valence-corrected chi connectivity index (χ2v) is 7.38. The highest BCUT2D eigenvalue weighted by molar-refractivity contribution is 5.73. The maximum atomic E-state index is 11.6.